The van der Waals surface area contributed by atoms with E-state index in [-0.39, 0.29) is 18.3 Å². The number of rotatable bonds is 5. The normalized spacial score (nSPS) is 20.1. The van der Waals surface area contributed by atoms with E-state index in [4.69, 9.17) is 14.2 Å². The third kappa shape index (κ3) is 5.29. The molecule has 0 bridgehead atoms. The van der Waals surface area contributed by atoms with Crippen molar-refractivity contribution in [1.82, 2.24) is 4.90 Å². The topological polar surface area (TPSA) is 91.1 Å². The molecule has 1 aromatic carbocycles. The van der Waals surface area contributed by atoms with Crippen LogP contribution in [0.4, 0.5) is 14.9 Å². The highest BCUT2D eigenvalue weighted by molar-refractivity contribution is 5.69. The van der Waals surface area contributed by atoms with Gasteiger partial charge >= 0.3 is 6.09 Å². The molecule has 0 saturated carbocycles. The highest BCUT2D eigenvalue weighted by Gasteiger charge is 2.38. The van der Waals surface area contributed by atoms with E-state index in [1.165, 1.54) is 12.0 Å². The zero-order chi connectivity index (χ0) is 19.5. The Balaban J connectivity index is 2.12. The van der Waals surface area contributed by atoms with Crippen LogP contribution in [-0.2, 0) is 9.47 Å². The van der Waals surface area contributed by atoms with Crippen LogP contribution in [0.3, 0.4) is 0 Å². The maximum absolute atomic E-state index is 13.6. The van der Waals surface area contributed by atoms with Crippen molar-refractivity contribution >= 4 is 11.8 Å². The molecule has 1 saturated heterocycles. The van der Waals surface area contributed by atoms with Gasteiger partial charge in [-0.05, 0) is 20.8 Å². The lowest BCUT2D eigenvalue weighted by Gasteiger charge is -2.28. The average molecular weight is 370 g/mol. The van der Waals surface area contributed by atoms with Crippen LogP contribution in [0.15, 0.2) is 18.2 Å². The Kier molecular flexibility index (Phi) is 6.01. The van der Waals surface area contributed by atoms with E-state index >= 15 is 0 Å². The van der Waals surface area contributed by atoms with E-state index in [0.717, 1.165) is 18.2 Å². The summed E-state index contributed by atoms with van der Waals surface area (Å²) in [5.74, 6) is -0.714. The van der Waals surface area contributed by atoms with E-state index in [0.29, 0.717) is 13.0 Å². The molecule has 2 rings (SSSR count). The van der Waals surface area contributed by atoms with Gasteiger partial charge in [0, 0.05) is 19.6 Å². The van der Waals surface area contributed by atoms with Crippen LogP contribution in [0.25, 0.3) is 0 Å². The number of nitrogens with zero attached hydrogens (tertiary/aromatic N) is 2. The van der Waals surface area contributed by atoms with Crippen LogP contribution in [-0.4, -0.2) is 53.9 Å². The lowest BCUT2D eigenvalue weighted by molar-refractivity contribution is -0.385. The SMILES string of the molecule is COCC1C[C@H](Oc2cc(F)cc([N+](=O)[O-])c2)CN1C(=O)OC(C)(C)C. The number of hydrogen-bond acceptors (Lipinski definition) is 6. The number of ether oxygens (including phenoxy) is 3. The number of benzene rings is 1. The highest BCUT2D eigenvalue weighted by Crippen LogP contribution is 2.28. The van der Waals surface area contributed by atoms with Crippen LogP contribution in [0.5, 0.6) is 5.75 Å². The van der Waals surface area contributed by atoms with Gasteiger partial charge in [-0.3, -0.25) is 15.0 Å². The quantitative estimate of drug-likeness (QED) is 0.584. The summed E-state index contributed by atoms with van der Waals surface area (Å²) in [4.78, 5) is 24.1. The summed E-state index contributed by atoms with van der Waals surface area (Å²) in [5.41, 5.74) is -1.04. The molecule has 1 fully saturated rings. The van der Waals surface area contributed by atoms with Gasteiger partial charge in [0.05, 0.1) is 36.2 Å². The summed E-state index contributed by atoms with van der Waals surface area (Å²) in [6.07, 6.45) is -0.503. The number of carbonyl (C=O) groups excluding carboxylic acids is 1. The summed E-state index contributed by atoms with van der Waals surface area (Å²) in [7, 11) is 1.53. The number of hydrogen-bond donors (Lipinski definition) is 0. The van der Waals surface area contributed by atoms with Gasteiger partial charge in [-0.1, -0.05) is 0 Å². The largest absolute Gasteiger partial charge is 0.488 e. The van der Waals surface area contributed by atoms with Gasteiger partial charge in [-0.25, -0.2) is 9.18 Å². The predicted molar refractivity (Wildman–Crippen MR) is 90.7 cm³/mol. The highest BCUT2D eigenvalue weighted by atomic mass is 19.1. The summed E-state index contributed by atoms with van der Waals surface area (Å²) >= 11 is 0. The van der Waals surface area contributed by atoms with Gasteiger partial charge in [0.2, 0.25) is 0 Å². The molecule has 1 unspecified atom stereocenters. The second-order valence-electron chi connectivity index (χ2n) is 7.12. The van der Waals surface area contributed by atoms with E-state index in [1.54, 1.807) is 20.8 Å². The number of halogens is 1. The van der Waals surface area contributed by atoms with Crippen molar-refractivity contribution < 1.29 is 28.3 Å². The number of nitro benzene ring substituents is 1. The molecule has 144 valence electrons. The number of methoxy groups -OCH3 is 1. The minimum atomic E-state index is -0.760. The zero-order valence-corrected chi connectivity index (χ0v) is 15.2. The third-order valence-electron chi connectivity index (χ3n) is 3.73. The molecular weight excluding hydrogens is 347 g/mol. The first-order valence-electron chi connectivity index (χ1n) is 8.19. The van der Waals surface area contributed by atoms with Crippen LogP contribution in [0.2, 0.25) is 0 Å². The molecule has 0 aromatic heterocycles. The maximum atomic E-state index is 13.6. The first-order chi connectivity index (χ1) is 12.1. The lowest BCUT2D eigenvalue weighted by Crippen LogP contribution is -2.42. The molecule has 0 spiro atoms. The van der Waals surface area contributed by atoms with E-state index < -0.39 is 34.2 Å². The zero-order valence-electron chi connectivity index (χ0n) is 15.2. The first kappa shape index (κ1) is 19.9. The van der Waals surface area contributed by atoms with Crippen LogP contribution in [0, 0.1) is 15.9 Å². The monoisotopic (exact) mass is 370 g/mol. The summed E-state index contributed by atoms with van der Waals surface area (Å²) in [6, 6.07) is 2.80. The fourth-order valence-corrected chi connectivity index (χ4v) is 2.77. The Labute approximate surface area is 151 Å². The van der Waals surface area contributed by atoms with Crippen molar-refractivity contribution in [1.29, 1.82) is 0 Å². The molecular formula is C17H23FN2O6. The van der Waals surface area contributed by atoms with Crippen molar-refractivity contribution in [3.63, 3.8) is 0 Å². The second-order valence-corrected chi connectivity index (χ2v) is 7.12. The molecule has 1 aromatic rings. The van der Waals surface area contributed by atoms with Crippen LogP contribution in [0.1, 0.15) is 27.2 Å². The summed E-state index contributed by atoms with van der Waals surface area (Å²) in [6.45, 7) is 5.82. The van der Waals surface area contributed by atoms with Gasteiger partial charge in [-0.2, -0.15) is 0 Å². The fraction of sp³-hybridized carbons (Fsp3) is 0.588. The van der Waals surface area contributed by atoms with Gasteiger partial charge in [0.25, 0.3) is 5.69 Å². The molecule has 8 nitrogen and oxygen atoms in total. The molecule has 1 heterocycles. The third-order valence-corrected chi connectivity index (χ3v) is 3.73. The minimum absolute atomic E-state index is 0.0453. The number of likely N-dealkylation sites (tertiary alicyclic amines) is 1. The van der Waals surface area contributed by atoms with E-state index in [2.05, 4.69) is 0 Å². The van der Waals surface area contributed by atoms with Crippen molar-refractivity contribution in [2.75, 3.05) is 20.3 Å². The Hall–Kier alpha value is -2.42. The average Bonchev–Trinajstić information content (AvgIpc) is 2.88. The van der Waals surface area contributed by atoms with Crippen molar-refractivity contribution in [3.8, 4) is 5.75 Å². The van der Waals surface area contributed by atoms with Crippen molar-refractivity contribution in [2.24, 2.45) is 0 Å². The number of amides is 1. The molecule has 1 aliphatic rings. The Morgan fingerprint density at radius 2 is 2.08 bits per heavy atom. The van der Waals surface area contributed by atoms with Crippen LogP contribution >= 0.6 is 0 Å². The molecule has 0 N–H and O–H groups in total. The standard InChI is InChI=1S/C17H23FN2O6/c1-17(2,3)26-16(21)19-9-15(8-13(19)10-24-4)25-14-6-11(18)5-12(7-14)20(22)23/h5-7,13,15H,8-10H2,1-4H3/t13?,15-/m0/s1. The minimum Gasteiger partial charge on any atom is -0.488 e. The Bertz CT molecular complexity index is 676. The summed E-state index contributed by atoms with van der Waals surface area (Å²) < 4.78 is 29.8. The maximum Gasteiger partial charge on any atom is 0.410 e. The molecule has 1 amide bonds. The Morgan fingerprint density at radius 1 is 1.38 bits per heavy atom. The first-order valence-corrected chi connectivity index (χ1v) is 8.19. The van der Waals surface area contributed by atoms with E-state index in [9.17, 15) is 19.3 Å². The molecule has 26 heavy (non-hydrogen) atoms. The number of carbonyl (C=O) groups is 1. The van der Waals surface area contributed by atoms with Gasteiger partial charge in [0.1, 0.15) is 23.3 Å². The fourth-order valence-electron chi connectivity index (χ4n) is 2.77. The predicted octanol–water partition coefficient (Wildman–Crippen LogP) is 3.14. The molecule has 2 atom stereocenters. The molecule has 9 heteroatoms. The van der Waals surface area contributed by atoms with Gasteiger partial charge < -0.3 is 14.2 Å². The second kappa shape index (κ2) is 7.86. The van der Waals surface area contributed by atoms with E-state index in [1.807, 2.05) is 0 Å². The number of nitro groups is 1. The molecule has 1 aliphatic heterocycles. The smallest absolute Gasteiger partial charge is 0.410 e. The van der Waals surface area contributed by atoms with Crippen molar-refractivity contribution in [3.05, 3.63) is 34.1 Å². The number of non-ortho nitro benzene ring substituents is 1. The Morgan fingerprint density at radius 3 is 2.65 bits per heavy atom. The van der Waals surface area contributed by atoms with Crippen molar-refractivity contribution in [2.45, 2.75) is 44.9 Å². The molecule has 0 radical (unpaired) electrons. The van der Waals surface area contributed by atoms with Gasteiger partial charge in [0.15, 0.2) is 0 Å². The summed E-state index contributed by atoms with van der Waals surface area (Å²) in [5, 5.41) is 10.9. The lowest BCUT2D eigenvalue weighted by atomic mass is 10.2. The van der Waals surface area contributed by atoms with Gasteiger partial charge in [-0.15, -0.1) is 0 Å². The van der Waals surface area contributed by atoms with Crippen LogP contribution < -0.4 is 4.74 Å². The molecule has 0 aliphatic carbocycles.